The fraction of sp³-hybridized carbons (Fsp3) is 0.900. The summed E-state index contributed by atoms with van der Waals surface area (Å²) in [4.78, 5) is 19.8. The predicted octanol–water partition coefficient (Wildman–Crippen LogP) is -3.49. The average molecular weight is 441 g/mol. The van der Waals surface area contributed by atoms with E-state index in [9.17, 15) is 19.8 Å². The smallest absolute Gasteiger partial charge is 0.0993 e. The third-order valence-corrected chi connectivity index (χ3v) is 3.62. The van der Waals surface area contributed by atoms with Gasteiger partial charge in [-0.25, -0.2) is 0 Å². The molecule has 0 rings (SSSR count). The molecule has 0 fully saturated rings. The van der Waals surface area contributed by atoms with E-state index < -0.39 is 11.9 Å². The molecule has 30 heavy (non-hydrogen) atoms. The van der Waals surface area contributed by atoms with E-state index in [4.69, 9.17) is 18.9 Å². The van der Waals surface area contributed by atoms with Crippen molar-refractivity contribution in [2.24, 2.45) is 0 Å². The van der Waals surface area contributed by atoms with Gasteiger partial charge >= 0.3 is 0 Å². The number of hydrogen-bond acceptors (Lipinski definition) is 8. The standard InChI is InChI=1S/C8H14O4.2C6H15NO2/c9-7(10)5-3-1-2-4-6-8(11)12;2*1-8-5-3-7-4-6-9-2/h1-6H2,(H,9,10)(H,11,12);2*7H,3-6H2,1-2H3. The third kappa shape index (κ3) is 45.4. The number of nitrogens with two attached hydrogens (primary N) is 2. The number of carboxylic acids is 2. The molecule has 10 heteroatoms. The SMILES string of the molecule is COCC[NH2+]CCOC.COCC[NH2+]CCOC.O=C([O-])CCCCCCC(=O)[O-]. The van der Waals surface area contributed by atoms with Crippen LogP contribution < -0.4 is 20.8 Å². The number of carbonyl (C=O) groups is 2. The Hall–Kier alpha value is -1.30. The summed E-state index contributed by atoms with van der Waals surface area (Å²) in [6, 6.07) is 0. The Morgan fingerprint density at radius 1 is 0.567 bits per heavy atom. The highest BCUT2D eigenvalue weighted by atomic mass is 16.5. The van der Waals surface area contributed by atoms with Gasteiger partial charge in [0.15, 0.2) is 0 Å². The van der Waals surface area contributed by atoms with E-state index in [1.807, 2.05) is 0 Å². The molecule has 0 aliphatic rings. The first-order valence-electron chi connectivity index (χ1n) is 10.4. The zero-order valence-electron chi connectivity index (χ0n) is 19.3. The third-order valence-electron chi connectivity index (χ3n) is 3.62. The van der Waals surface area contributed by atoms with E-state index in [2.05, 4.69) is 10.6 Å². The lowest BCUT2D eigenvalue weighted by Crippen LogP contribution is -2.86. The predicted molar refractivity (Wildman–Crippen MR) is 109 cm³/mol. The summed E-state index contributed by atoms with van der Waals surface area (Å²) in [6.45, 7) is 7.40. The largest absolute Gasteiger partial charge is 0.550 e. The number of methoxy groups -OCH3 is 4. The number of rotatable bonds is 19. The lowest BCUT2D eigenvalue weighted by molar-refractivity contribution is -0.657. The second kappa shape index (κ2) is 32.4. The van der Waals surface area contributed by atoms with Crippen molar-refractivity contribution < 1.29 is 49.4 Å². The average Bonchev–Trinajstić information content (AvgIpc) is 2.71. The molecule has 0 aromatic carbocycles. The molecule has 0 aliphatic heterocycles. The first kappa shape index (κ1) is 33.3. The minimum atomic E-state index is -1.05. The molecule has 0 saturated heterocycles. The molecular formula is C20H44N2O8. The summed E-state index contributed by atoms with van der Waals surface area (Å²) < 4.78 is 19.4. The van der Waals surface area contributed by atoms with Crippen LogP contribution in [0.15, 0.2) is 0 Å². The van der Waals surface area contributed by atoms with E-state index in [1.165, 1.54) is 0 Å². The Kier molecular flexibility index (Phi) is 36.0. The molecule has 0 heterocycles. The van der Waals surface area contributed by atoms with Crippen molar-refractivity contribution in [1.82, 2.24) is 0 Å². The van der Waals surface area contributed by atoms with Crippen molar-refractivity contribution in [1.29, 1.82) is 0 Å². The Morgan fingerprint density at radius 3 is 1.03 bits per heavy atom. The molecule has 0 aromatic heterocycles. The fourth-order valence-corrected chi connectivity index (χ4v) is 1.99. The van der Waals surface area contributed by atoms with Crippen LogP contribution in [-0.2, 0) is 28.5 Å². The van der Waals surface area contributed by atoms with Gasteiger partial charge in [0.05, 0.1) is 52.6 Å². The molecule has 0 saturated carbocycles. The number of unbranched alkanes of at least 4 members (excludes halogenated alkanes) is 3. The van der Waals surface area contributed by atoms with Gasteiger partial charge in [-0.1, -0.05) is 12.8 Å². The van der Waals surface area contributed by atoms with Gasteiger partial charge in [-0.3, -0.25) is 0 Å². The highest BCUT2D eigenvalue weighted by Gasteiger charge is 1.91. The van der Waals surface area contributed by atoms with Crippen LogP contribution in [0.2, 0.25) is 0 Å². The van der Waals surface area contributed by atoms with Gasteiger partial charge in [-0.05, 0) is 25.7 Å². The molecule has 0 spiro atoms. The normalized spacial score (nSPS) is 9.87. The molecule has 0 bridgehead atoms. The molecule has 0 atom stereocenters. The second-order valence-corrected chi connectivity index (χ2v) is 6.36. The van der Waals surface area contributed by atoms with Gasteiger partial charge in [0.2, 0.25) is 0 Å². The van der Waals surface area contributed by atoms with Gasteiger partial charge in [-0.15, -0.1) is 0 Å². The zero-order chi connectivity index (χ0) is 23.3. The number of ether oxygens (including phenoxy) is 4. The van der Waals surface area contributed by atoms with E-state index in [0.717, 1.165) is 65.4 Å². The summed E-state index contributed by atoms with van der Waals surface area (Å²) >= 11 is 0. The van der Waals surface area contributed by atoms with E-state index in [-0.39, 0.29) is 12.8 Å². The Bertz CT molecular complexity index is 303. The molecule has 10 nitrogen and oxygen atoms in total. The van der Waals surface area contributed by atoms with Crippen LogP contribution in [-0.4, -0.2) is 93.0 Å². The zero-order valence-corrected chi connectivity index (χ0v) is 19.3. The minimum absolute atomic E-state index is 0.0608. The van der Waals surface area contributed by atoms with Crippen molar-refractivity contribution in [3.05, 3.63) is 0 Å². The molecule has 0 radical (unpaired) electrons. The molecule has 182 valence electrons. The number of carboxylic acid groups (broad SMARTS) is 2. The first-order chi connectivity index (χ1) is 14.5. The number of quaternary nitrogens is 2. The fourth-order valence-electron chi connectivity index (χ4n) is 1.99. The van der Waals surface area contributed by atoms with Crippen molar-refractivity contribution in [3.63, 3.8) is 0 Å². The quantitative estimate of drug-likeness (QED) is 0.197. The van der Waals surface area contributed by atoms with Gasteiger partial charge in [0.1, 0.15) is 0 Å². The van der Waals surface area contributed by atoms with Gasteiger partial charge < -0.3 is 49.4 Å². The monoisotopic (exact) mass is 440 g/mol. The maximum Gasteiger partial charge on any atom is 0.0993 e. The number of aliphatic carboxylic acids is 2. The lowest BCUT2D eigenvalue weighted by Gasteiger charge is -2.02. The molecule has 0 amide bonds. The Balaban J connectivity index is -0.000000371. The van der Waals surface area contributed by atoms with Gasteiger partial charge in [0, 0.05) is 40.4 Å². The topological polar surface area (TPSA) is 150 Å². The van der Waals surface area contributed by atoms with Crippen molar-refractivity contribution in [2.75, 3.05) is 81.0 Å². The van der Waals surface area contributed by atoms with Crippen molar-refractivity contribution >= 4 is 11.9 Å². The summed E-state index contributed by atoms with van der Waals surface area (Å²) in [5.41, 5.74) is 0. The lowest BCUT2D eigenvalue weighted by atomic mass is 10.1. The Morgan fingerprint density at radius 2 is 0.833 bits per heavy atom. The van der Waals surface area contributed by atoms with Crippen LogP contribution in [0.5, 0.6) is 0 Å². The molecule has 0 aliphatic carbocycles. The number of carbonyl (C=O) groups excluding carboxylic acids is 2. The molecule has 4 N–H and O–H groups in total. The maximum absolute atomic E-state index is 9.92. The second-order valence-electron chi connectivity index (χ2n) is 6.36. The van der Waals surface area contributed by atoms with Crippen molar-refractivity contribution in [2.45, 2.75) is 38.5 Å². The van der Waals surface area contributed by atoms with Crippen LogP contribution in [0.3, 0.4) is 0 Å². The van der Waals surface area contributed by atoms with Crippen LogP contribution in [0.4, 0.5) is 0 Å². The van der Waals surface area contributed by atoms with E-state index in [1.54, 1.807) is 28.4 Å². The molecule has 0 unspecified atom stereocenters. The Labute approximate surface area is 181 Å². The van der Waals surface area contributed by atoms with Crippen LogP contribution in [0, 0.1) is 0 Å². The van der Waals surface area contributed by atoms with Crippen molar-refractivity contribution in [3.8, 4) is 0 Å². The summed E-state index contributed by atoms with van der Waals surface area (Å²) in [5, 5.41) is 24.2. The van der Waals surface area contributed by atoms with Gasteiger partial charge in [0.25, 0.3) is 0 Å². The van der Waals surface area contributed by atoms with Crippen LogP contribution in [0.25, 0.3) is 0 Å². The van der Waals surface area contributed by atoms with Crippen LogP contribution >= 0.6 is 0 Å². The highest BCUT2D eigenvalue weighted by Crippen LogP contribution is 2.04. The summed E-state index contributed by atoms with van der Waals surface area (Å²) in [5.74, 6) is -2.09. The van der Waals surface area contributed by atoms with E-state index >= 15 is 0 Å². The summed E-state index contributed by atoms with van der Waals surface area (Å²) in [6.07, 6.45) is 2.73. The maximum atomic E-state index is 9.92. The highest BCUT2D eigenvalue weighted by molar-refractivity contribution is 5.64. The molecule has 0 aromatic rings. The minimum Gasteiger partial charge on any atom is -0.550 e. The van der Waals surface area contributed by atoms with Crippen LogP contribution in [0.1, 0.15) is 38.5 Å². The van der Waals surface area contributed by atoms with E-state index in [0.29, 0.717) is 12.8 Å². The molecular weight excluding hydrogens is 396 g/mol. The van der Waals surface area contributed by atoms with Gasteiger partial charge in [-0.2, -0.15) is 0 Å². The first-order valence-corrected chi connectivity index (χ1v) is 10.4. The number of hydrogen-bond donors (Lipinski definition) is 2. The summed E-state index contributed by atoms with van der Waals surface area (Å²) in [7, 11) is 6.85.